The Hall–Kier alpha value is -3.83. The number of aliphatic hydroxyl groups is 1. The van der Waals surface area contributed by atoms with Gasteiger partial charge in [0.1, 0.15) is 18.0 Å². The number of amides is 2. The Morgan fingerprint density at radius 3 is 2.82 bits per heavy atom. The largest absolute Gasteiger partial charge is 0.442 e. The van der Waals surface area contributed by atoms with E-state index in [1.54, 1.807) is 10.9 Å². The average molecular weight is 469 g/mol. The normalized spacial score (nSPS) is 16.4. The van der Waals surface area contributed by atoms with E-state index in [9.17, 15) is 19.1 Å². The Labute approximate surface area is 194 Å². The van der Waals surface area contributed by atoms with E-state index < -0.39 is 30.0 Å². The smallest absolute Gasteiger partial charge is 0.414 e. The van der Waals surface area contributed by atoms with Gasteiger partial charge in [-0.3, -0.25) is 9.69 Å². The van der Waals surface area contributed by atoms with Crippen molar-refractivity contribution in [2.75, 3.05) is 23.4 Å². The number of benzene rings is 2. The molecule has 3 aromatic rings. The summed E-state index contributed by atoms with van der Waals surface area (Å²) in [4.78, 5) is 26.2. The summed E-state index contributed by atoms with van der Waals surface area (Å²) < 4.78 is 27.3. The molecule has 178 valence electrons. The monoisotopic (exact) mass is 469 g/mol. The van der Waals surface area contributed by atoms with E-state index in [4.69, 9.17) is 9.47 Å². The van der Waals surface area contributed by atoms with Gasteiger partial charge in [-0.1, -0.05) is 35.5 Å². The summed E-state index contributed by atoms with van der Waals surface area (Å²) in [6.45, 7) is 0.456. The average Bonchev–Trinajstić information content (AvgIpc) is 3.48. The van der Waals surface area contributed by atoms with E-state index in [-0.39, 0.29) is 31.9 Å². The summed E-state index contributed by atoms with van der Waals surface area (Å²) in [5, 5.41) is 19.3. The summed E-state index contributed by atoms with van der Waals surface area (Å²) >= 11 is 0. The van der Waals surface area contributed by atoms with Crippen LogP contribution in [0.5, 0.6) is 0 Å². The van der Waals surface area contributed by atoms with Gasteiger partial charge in [-0.2, -0.15) is 0 Å². The van der Waals surface area contributed by atoms with Crippen molar-refractivity contribution < 1.29 is 28.6 Å². The lowest BCUT2D eigenvalue weighted by molar-refractivity contribution is -0.129. The molecule has 1 fully saturated rings. The fourth-order valence-electron chi connectivity index (χ4n) is 3.53. The van der Waals surface area contributed by atoms with Crippen molar-refractivity contribution in [3.8, 4) is 0 Å². The molecule has 1 aliphatic rings. The molecular weight excluding hydrogens is 445 g/mol. The van der Waals surface area contributed by atoms with Crippen LogP contribution in [0.3, 0.4) is 0 Å². The van der Waals surface area contributed by atoms with Crippen LogP contribution in [0.25, 0.3) is 0 Å². The van der Waals surface area contributed by atoms with Crippen LogP contribution in [-0.2, 0) is 27.4 Å². The first kappa shape index (κ1) is 23.3. The number of nitrogens with one attached hydrogen (secondary N) is 1. The number of cyclic esters (lactones) is 1. The Bertz CT molecular complexity index is 1110. The zero-order valence-electron chi connectivity index (χ0n) is 18.2. The van der Waals surface area contributed by atoms with Crippen molar-refractivity contribution in [1.82, 2.24) is 15.0 Å². The van der Waals surface area contributed by atoms with E-state index in [0.717, 1.165) is 11.6 Å². The minimum Gasteiger partial charge on any atom is -0.442 e. The first-order chi connectivity index (χ1) is 16.5. The second-order valence-electron chi connectivity index (χ2n) is 7.69. The Balaban J connectivity index is 1.38. The Morgan fingerprint density at radius 1 is 1.29 bits per heavy atom. The standard InChI is InChI=1S/C23H24FN5O5/c24-19-12-17(29-14-18(34-23(29)32)13-28-10-9-25-27-28)6-7-20(19)26-22(31)21(8-11-30)33-15-16-4-2-1-3-5-16/h1-7,9-10,12,18,21,30H,8,11,13-15H2,(H,26,31)/t18-,21?/m0/s1. The van der Waals surface area contributed by atoms with E-state index in [0.29, 0.717) is 12.2 Å². The van der Waals surface area contributed by atoms with Crippen LogP contribution in [-0.4, -0.2) is 57.5 Å². The molecule has 2 aromatic carbocycles. The molecule has 2 heterocycles. The predicted octanol–water partition coefficient (Wildman–Crippen LogP) is 2.35. The molecule has 2 atom stereocenters. The molecule has 2 amide bonds. The van der Waals surface area contributed by atoms with Crippen LogP contribution in [0.2, 0.25) is 0 Å². The SMILES string of the molecule is O=C(Nc1ccc(N2C[C@H](Cn3ccnn3)OC2=O)cc1F)C(CCO)OCc1ccccc1. The molecule has 0 aliphatic carbocycles. The Kier molecular flexibility index (Phi) is 7.45. The minimum absolute atomic E-state index is 0.0607. The third-order valence-corrected chi connectivity index (χ3v) is 5.24. The first-order valence-corrected chi connectivity index (χ1v) is 10.7. The zero-order valence-corrected chi connectivity index (χ0v) is 18.2. The highest BCUT2D eigenvalue weighted by Crippen LogP contribution is 2.26. The number of aromatic nitrogens is 3. The molecule has 4 rings (SSSR count). The highest BCUT2D eigenvalue weighted by atomic mass is 19.1. The third-order valence-electron chi connectivity index (χ3n) is 5.24. The van der Waals surface area contributed by atoms with Gasteiger partial charge in [-0.05, 0) is 23.8 Å². The summed E-state index contributed by atoms with van der Waals surface area (Å²) in [6.07, 6.45) is 1.22. The lowest BCUT2D eigenvalue weighted by Gasteiger charge is -2.18. The summed E-state index contributed by atoms with van der Waals surface area (Å²) in [5.74, 6) is -1.30. The summed E-state index contributed by atoms with van der Waals surface area (Å²) in [5.41, 5.74) is 1.11. The quantitative estimate of drug-likeness (QED) is 0.468. The van der Waals surface area contributed by atoms with Crippen molar-refractivity contribution in [2.45, 2.75) is 31.8 Å². The number of nitrogens with zero attached hydrogens (tertiary/aromatic N) is 4. The van der Waals surface area contributed by atoms with Gasteiger partial charge in [0.2, 0.25) is 0 Å². The van der Waals surface area contributed by atoms with E-state index in [1.165, 1.54) is 23.2 Å². The number of carbonyl (C=O) groups excluding carboxylic acids is 2. The highest BCUT2D eigenvalue weighted by molar-refractivity contribution is 5.95. The maximum atomic E-state index is 14.8. The van der Waals surface area contributed by atoms with Gasteiger partial charge >= 0.3 is 6.09 Å². The molecule has 1 unspecified atom stereocenters. The van der Waals surface area contributed by atoms with Crippen LogP contribution in [0.1, 0.15) is 12.0 Å². The fraction of sp³-hybridized carbons (Fsp3) is 0.304. The molecule has 11 heteroatoms. The number of rotatable bonds is 10. The minimum atomic E-state index is -0.963. The van der Waals surface area contributed by atoms with E-state index in [1.807, 2.05) is 30.3 Å². The van der Waals surface area contributed by atoms with Gasteiger partial charge in [-0.25, -0.2) is 13.9 Å². The van der Waals surface area contributed by atoms with Crippen molar-refractivity contribution in [3.05, 3.63) is 72.3 Å². The van der Waals surface area contributed by atoms with Crippen molar-refractivity contribution in [1.29, 1.82) is 0 Å². The molecule has 0 radical (unpaired) electrons. The van der Waals surface area contributed by atoms with Crippen LogP contribution < -0.4 is 10.2 Å². The van der Waals surface area contributed by atoms with Crippen molar-refractivity contribution in [3.63, 3.8) is 0 Å². The van der Waals surface area contributed by atoms with Crippen molar-refractivity contribution >= 4 is 23.4 Å². The second-order valence-corrected chi connectivity index (χ2v) is 7.69. The van der Waals surface area contributed by atoms with E-state index in [2.05, 4.69) is 15.6 Å². The molecule has 10 nitrogen and oxygen atoms in total. The number of hydrogen-bond donors (Lipinski definition) is 2. The Morgan fingerprint density at radius 2 is 2.12 bits per heavy atom. The number of halogens is 1. The number of hydrogen-bond acceptors (Lipinski definition) is 7. The van der Waals surface area contributed by atoms with Gasteiger partial charge < -0.3 is 19.9 Å². The van der Waals surface area contributed by atoms with Gasteiger partial charge in [0.05, 0.1) is 37.3 Å². The van der Waals surface area contributed by atoms with Gasteiger partial charge in [-0.15, -0.1) is 5.10 Å². The molecule has 2 N–H and O–H groups in total. The molecule has 1 aliphatic heterocycles. The topological polar surface area (TPSA) is 119 Å². The van der Waals surface area contributed by atoms with Gasteiger partial charge in [0, 0.05) is 19.2 Å². The molecular formula is C23H24FN5O5. The second kappa shape index (κ2) is 10.9. The lowest BCUT2D eigenvalue weighted by Crippen LogP contribution is -2.31. The summed E-state index contributed by atoms with van der Waals surface area (Å²) in [7, 11) is 0. The number of ether oxygens (including phenoxy) is 2. The molecule has 1 saturated heterocycles. The molecule has 1 aromatic heterocycles. The molecule has 34 heavy (non-hydrogen) atoms. The first-order valence-electron chi connectivity index (χ1n) is 10.7. The number of aliphatic hydroxyl groups excluding tert-OH is 1. The number of anilines is 2. The fourth-order valence-corrected chi connectivity index (χ4v) is 3.53. The van der Waals surface area contributed by atoms with Crippen LogP contribution >= 0.6 is 0 Å². The van der Waals surface area contributed by atoms with Crippen LogP contribution in [0, 0.1) is 5.82 Å². The molecule has 0 bridgehead atoms. The molecule has 0 spiro atoms. The number of carbonyl (C=O) groups is 2. The van der Waals surface area contributed by atoms with Gasteiger partial charge in [0.15, 0.2) is 0 Å². The van der Waals surface area contributed by atoms with Crippen molar-refractivity contribution in [2.24, 2.45) is 0 Å². The van der Waals surface area contributed by atoms with Crippen LogP contribution in [0.4, 0.5) is 20.6 Å². The lowest BCUT2D eigenvalue weighted by atomic mass is 10.2. The van der Waals surface area contributed by atoms with Gasteiger partial charge in [0.25, 0.3) is 5.91 Å². The molecule has 0 saturated carbocycles. The third kappa shape index (κ3) is 5.74. The maximum absolute atomic E-state index is 14.8. The van der Waals surface area contributed by atoms with Crippen LogP contribution in [0.15, 0.2) is 60.9 Å². The summed E-state index contributed by atoms with van der Waals surface area (Å²) in [6, 6.07) is 13.3. The zero-order chi connectivity index (χ0) is 23.9. The highest BCUT2D eigenvalue weighted by Gasteiger charge is 2.33. The van der Waals surface area contributed by atoms with E-state index >= 15 is 0 Å². The predicted molar refractivity (Wildman–Crippen MR) is 119 cm³/mol. The maximum Gasteiger partial charge on any atom is 0.414 e.